The predicted molar refractivity (Wildman–Crippen MR) is 114 cm³/mol. The highest BCUT2D eigenvalue weighted by Gasteiger charge is 2.15. The third-order valence-corrected chi connectivity index (χ3v) is 6.50. The van der Waals surface area contributed by atoms with E-state index in [0.717, 1.165) is 5.52 Å². The minimum absolute atomic E-state index is 0.0122. The van der Waals surface area contributed by atoms with E-state index in [9.17, 15) is 13.2 Å². The van der Waals surface area contributed by atoms with Crippen molar-refractivity contribution < 1.29 is 17.9 Å². The average Bonchev–Trinajstić information content (AvgIpc) is 2.97. The Bertz CT molecular complexity index is 1250. The summed E-state index contributed by atoms with van der Waals surface area (Å²) in [5, 5.41) is 5.84. The molecule has 154 valence electrons. The number of hydrogen-bond acceptors (Lipinski definition) is 5. The molecule has 0 saturated heterocycles. The van der Waals surface area contributed by atoms with Gasteiger partial charge in [0.25, 0.3) is 5.91 Å². The zero-order valence-electron chi connectivity index (χ0n) is 15.3. The van der Waals surface area contributed by atoms with Gasteiger partial charge in [-0.2, -0.15) is 4.99 Å². The van der Waals surface area contributed by atoms with E-state index in [4.69, 9.17) is 33.1 Å². The standard InChI is InChI=1S/C18H17Cl2N3O4S2/c1-2-27-8-7-23-15-6-4-12(29(21,25)26)10-16(15)28-18(23)22-17(24)13-5-3-11(19)9-14(13)20/h3-6,9-10H,2,7-8H2,1H3,(H2,21,25,26). The molecule has 29 heavy (non-hydrogen) atoms. The third-order valence-electron chi connectivity index (χ3n) is 4.00. The topological polar surface area (TPSA) is 104 Å². The second kappa shape index (κ2) is 8.95. The summed E-state index contributed by atoms with van der Waals surface area (Å²) in [7, 11) is -3.85. The van der Waals surface area contributed by atoms with Gasteiger partial charge in [0.05, 0.1) is 32.3 Å². The highest BCUT2D eigenvalue weighted by atomic mass is 35.5. The summed E-state index contributed by atoms with van der Waals surface area (Å²) in [6.07, 6.45) is 0. The molecular weight excluding hydrogens is 457 g/mol. The minimum Gasteiger partial charge on any atom is -0.380 e. The van der Waals surface area contributed by atoms with Gasteiger partial charge in [0, 0.05) is 18.2 Å². The van der Waals surface area contributed by atoms with Crippen LogP contribution in [0.4, 0.5) is 0 Å². The Morgan fingerprint density at radius 1 is 1.24 bits per heavy atom. The number of ether oxygens (including phenoxy) is 1. The number of nitrogens with two attached hydrogens (primary N) is 1. The number of sulfonamides is 1. The first kappa shape index (κ1) is 21.9. The fourth-order valence-corrected chi connectivity index (χ4v) is 4.84. The molecule has 0 radical (unpaired) electrons. The van der Waals surface area contributed by atoms with Crippen molar-refractivity contribution in [2.45, 2.75) is 18.4 Å². The lowest BCUT2D eigenvalue weighted by atomic mass is 10.2. The van der Waals surface area contributed by atoms with Crippen molar-refractivity contribution in [3.8, 4) is 0 Å². The Kier molecular flexibility index (Phi) is 6.77. The number of benzene rings is 2. The second-order valence-corrected chi connectivity index (χ2v) is 9.36. The second-order valence-electron chi connectivity index (χ2n) is 5.95. The van der Waals surface area contributed by atoms with Gasteiger partial charge in [-0.25, -0.2) is 13.6 Å². The first-order valence-electron chi connectivity index (χ1n) is 8.48. The van der Waals surface area contributed by atoms with Crippen LogP contribution >= 0.6 is 34.5 Å². The van der Waals surface area contributed by atoms with Crippen LogP contribution in [0.5, 0.6) is 0 Å². The Labute approximate surface area is 181 Å². The van der Waals surface area contributed by atoms with Crippen molar-refractivity contribution in [1.29, 1.82) is 0 Å². The number of carbonyl (C=O) groups excluding carboxylic acids is 1. The molecule has 0 spiro atoms. The van der Waals surface area contributed by atoms with E-state index in [0.29, 0.717) is 34.3 Å². The van der Waals surface area contributed by atoms with Gasteiger partial charge < -0.3 is 9.30 Å². The summed E-state index contributed by atoms with van der Waals surface area (Å²) in [5.74, 6) is -0.532. The predicted octanol–water partition coefficient (Wildman–Crippen LogP) is 3.43. The van der Waals surface area contributed by atoms with E-state index in [1.54, 1.807) is 16.7 Å². The number of amides is 1. The SMILES string of the molecule is CCOCCn1c(=NC(=O)c2ccc(Cl)cc2Cl)sc2cc(S(N)(=O)=O)ccc21. The van der Waals surface area contributed by atoms with Crippen LogP contribution in [0.2, 0.25) is 10.0 Å². The maximum atomic E-state index is 12.7. The fraction of sp³-hybridized carbons (Fsp3) is 0.222. The molecule has 3 rings (SSSR count). The van der Waals surface area contributed by atoms with Gasteiger partial charge in [0.2, 0.25) is 10.0 Å². The van der Waals surface area contributed by atoms with E-state index < -0.39 is 15.9 Å². The maximum absolute atomic E-state index is 12.7. The summed E-state index contributed by atoms with van der Waals surface area (Å²) in [6, 6.07) is 9.05. The van der Waals surface area contributed by atoms with E-state index >= 15 is 0 Å². The molecule has 7 nitrogen and oxygen atoms in total. The third kappa shape index (κ3) is 5.06. The van der Waals surface area contributed by atoms with E-state index in [2.05, 4.69) is 4.99 Å². The molecule has 3 aromatic rings. The molecule has 2 aromatic carbocycles. The van der Waals surface area contributed by atoms with Crippen molar-refractivity contribution in [3.63, 3.8) is 0 Å². The lowest BCUT2D eigenvalue weighted by molar-refractivity contribution is 0.0997. The van der Waals surface area contributed by atoms with Crippen molar-refractivity contribution in [2.24, 2.45) is 10.1 Å². The number of rotatable bonds is 6. The molecule has 2 N–H and O–H groups in total. The lowest BCUT2D eigenvalue weighted by Crippen LogP contribution is -2.20. The largest absolute Gasteiger partial charge is 0.380 e. The van der Waals surface area contributed by atoms with E-state index in [1.165, 1.54) is 35.6 Å². The van der Waals surface area contributed by atoms with Gasteiger partial charge in [-0.05, 0) is 43.3 Å². The molecule has 0 atom stereocenters. The summed E-state index contributed by atoms with van der Waals surface area (Å²) < 4.78 is 31.2. The van der Waals surface area contributed by atoms with Crippen LogP contribution in [0.15, 0.2) is 46.3 Å². The van der Waals surface area contributed by atoms with Gasteiger partial charge >= 0.3 is 0 Å². The van der Waals surface area contributed by atoms with Crippen molar-refractivity contribution in [3.05, 3.63) is 56.8 Å². The minimum atomic E-state index is -3.85. The first-order valence-corrected chi connectivity index (χ1v) is 11.6. The highest BCUT2D eigenvalue weighted by molar-refractivity contribution is 7.89. The number of fused-ring (bicyclic) bond motifs is 1. The highest BCUT2D eigenvalue weighted by Crippen LogP contribution is 2.23. The maximum Gasteiger partial charge on any atom is 0.281 e. The first-order chi connectivity index (χ1) is 13.7. The Balaban J connectivity index is 2.14. The summed E-state index contributed by atoms with van der Waals surface area (Å²) in [4.78, 5) is 17.3. The zero-order chi connectivity index (χ0) is 21.2. The summed E-state index contributed by atoms with van der Waals surface area (Å²) >= 11 is 13.2. The van der Waals surface area contributed by atoms with Gasteiger partial charge in [0.1, 0.15) is 0 Å². The Hall–Kier alpha value is -1.75. The van der Waals surface area contributed by atoms with Crippen LogP contribution in [0.3, 0.4) is 0 Å². The molecular formula is C18H17Cl2N3O4S2. The molecule has 1 aromatic heterocycles. The number of primary sulfonamides is 1. The number of halogens is 2. The van der Waals surface area contributed by atoms with Crippen molar-refractivity contribution in [1.82, 2.24) is 4.57 Å². The molecule has 0 unspecified atom stereocenters. The summed E-state index contributed by atoms with van der Waals surface area (Å²) in [6.45, 7) is 3.27. The number of aromatic nitrogens is 1. The monoisotopic (exact) mass is 473 g/mol. The molecule has 1 heterocycles. The molecule has 0 bridgehead atoms. The van der Waals surface area contributed by atoms with E-state index in [-0.39, 0.29) is 15.5 Å². The molecule has 0 saturated carbocycles. The van der Waals surface area contributed by atoms with Gasteiger partial charge in [-0.15, -0.1) is 0 Å². The van der Waals surface area contributed by atoms with Crippen LogP contribution in [-0.2, 0) is 21.3 Å². The van der Waals surface area contributed by atoms with Crippen molar-refractivity contribution >= 4 is 60.7 Å². The van der Waals surface area contributed by atoms with Crippen LogP contribution in [0, 0.1) is 0 Å². The number of nitrogens with zero attached hydrogens (tertiary/aromatic N) is 2. The zero-order valence-corrected chi connectivity index (χ0v) is 18.4. The van der Waals surface area contributed by atoms with Gasteiger partial charge in [-0.1, -0.05) is 34.5 Å². The Morgan fingerprint density at radius 2 is 2.00 bits per heavy atom. The van der Waals surface area contributed by atoms with Crippen LogP contribution in [0.1, 0.15) is 17.3 Å². The number of hydrogen-bond donors (Lipinski definition) is 1. The van der Waals surface area contributed by atoms with Crippen LogP contribution in [0.25, 0.3) is 10.2 Å². The molecule has 11 heteroatoms. The van der Waals surface area contributed by atoms with E-state index in [1.807, 2.05) is 6.92 Å². The average molecular weight is 474 g/mol. The number of thiazole rings is 1. The Morgan fingerprint density at radius 3 is 2.66 bits per heavy atom. The van der Waals surface area contributed by atoms with Crippen LogP contribution in [-0.4, -0.2) is 32.1 Å². The quantitative estimate of drug-likeness (QED) is 0.553. The lowest BCUT2D eigenvalue weighted by Gasteiger charge is -2.06. The molecule has 0 fully saturated rings. The van der Waals surface area contributed by atoms with Gasteiger partial charge in [-0.3, -0.25) is 4.79 Å². The summed E-state index contributed by atoms with van der Waals surface area (Å²) in [5.41, 5.74) is 0.936. The van der Waals surface area contributed by atoms with Gasteiger partial charge in [0.15, 0.2) is 4.80 Å². The molecule has 0 aliphatic carbocycles. The molecule has 0 aliphatic rings. The normalized spacial score (nSPS) is 12.6. The van der Waals surface area contributed by atoms with Crippen LogP contribution < -0.4 is 9.94 Å². The smallest absolute Gasteiger partial charge is 0.281 e. The van der Waals surface area contributed by atoms with Crippen molar-refractivity contribution in [2.75, 3.05) is 13.2 Å². The molecule has 0 aliphatic heterocycles. The molecule has 1 amide bonds. The fourth-order valence-electron chi connectivity index (χ4n) is 2.64. The number of carbonyl (C=O) groups is 1.